The minimum absolute atomic E-state index is 0.966. The zero-order valence-corrected chi connectivity index (χ0v) is 5.17. The fraction of sp³-hybridized carbons (Fsp3) is 1.00. The van der Waals surface area contributed by atoms with Crippen molar-refractivity contribution in [1.82, 2.24) is 0 Å². The van der Waals surface area contributed by atoms with Gasteiger partial charge in [0.15, 0.2) is 0 Å². The third-order valence-corrected chi connectivity index (χ3v) is 1.67. The second-order valence-electron chi connectivity index (χ2n) is 1.42. The van der Waals surface area contributed by atoms with Crippen molar-refractivity contribution in [2.24, 2.45) is 5.73 Å². The molecule has 0 radical (unpaired) electrons. The second-order valence-corrected chi connectivity index (χ2v) is 3.03. The van der Waals surface area contributed by atoms with Crippen molar-refractivity contribution in [2.45, 2.75) is 5.12 Å². The monoisotopic (exact) mass is 157 g/mol. The molecule has 0 bridgehead atoms. The summed E-state index contributed by atoms with van der Waals surface area (Å²) in [4.78, 5) is 0. The van der Waals surface area contributed by atoms with E-state index >= 15 is 0 Å². The summed E-state index contributed by atoms with van der Waals surface area (Å²) in [5.74, 6) is 0. The Balaban J connectivity index is 4.56. The summed E-state index contributed by atoms with van der Waals surface area (Å²) in [6.45, 7) is -0.966. The van der Waals surface area contributed by atoms with E-state index in [4.69, 9.17) is 14.8 Å². The second kappa shape index (κ2) is 2.20. The molecule has 0 aromatic carbocycles. The predicted molar refractivity (Wildman–Crippen MR) is 27.8 cm³/mol. The number of rotatable bonds is 2. The van der Waals surface area contributed by atoms with Gasteiger partial charge in [-0.15, -0.1) is 0 Å². The minimum atomic E-state index is -4.87. The van der Waals surface area contributed by atoms with E-state index in [1.54, 1.807) is 0 Å². The van der Waals surface area contributed by atoms with Gasteiger partial charge in [0.25, 0.3) is 0 Å². The van der Waals surface area contributed by atoms with Gasteiger partial charge in [0.1, 0.15) is 0 Å². The molecule has 0 aromatic heterocycles. The minimum Gasteiger partial charge on any atom is -0.351 e. The van der Waals surface area contributed by atoms with E-state index in [2.05, 4.69) is 5.73 Å². The number of nitrogens with two attached hydrogens (primary N) is 1. The maximum Gasteiger partial charge on any atom is 0.323 e. The van der Waals surface area contributed by atoms with Crippen LogP contribution in [0.15, 0.2) is 0 Å². The summed E-state index contributed by atoms with van der Waals surface area (Å²) in [6.07, 6.45) is 0. The molecule has 0 heterocycles. The lowest BCUT2D eigenvalue weighted by Crippen LogP contribution is -2.44. The molecule has 9 heavy (non-hydrogen) atoms. The molecule has 0 fully saturated rings. The average molecular weight is 157 g/mol. The van der Waals surface area contributed by atoms with Crippen LogP contribution < -0.4 is 5.73 Å². The van der Waals surface area contributed by atoms with E-state index in [1.807, 2.05) is 0 Å². The van der Waals surface area contributed by atoms with E-state index in [-0.39, 0.29) is 0 Å². The van der Waals surface area contributed by atoms with Gasteiger partial charge in [0.2, 0.25) is 0 Å². The van der Waals surface area contributed by atoms with E-state index < -0.39 is 21.8 Å². The molecule has 0 rings (SSSR count). The molecular formula is C2H7NO5S. The van der Waals surface area contributed by atoms with Crippen molar-refractivity contribution >= 4 is 10.1 Å². The fourth-order valence-corrected chi connectivity index (χ4v) is 0.316. The van der Waals surface area contributed by atoms with Crippen LogP contribution in [0.1, 0.15) is 0 Å². The molecule has 0 aromatic rings. The van der Waals surface area contributed by atoms with E-state index in [9.17, 15) is 8.42 Å². The Bertz CT molecular complexity index is 181. The summed E-state index contributed by atoms with van der Waals surface area (Å²) >= 11 is 0. The van der Waals surface area contributed by atoms with Crippen LogP contribution in [0.5, 0.6) is 0 Å². The molecule has 0 aliphatic carbocycles. The molecule has 0 spiro atoms. The van der Waals surface area contributed by atoms with Gasteiger partial charge in [0, 0.05) is 0 Å². The zero-order valence-electron chi connectivity index (χ0n) is 4.35. The fourth-order valence-electron chi connectivity index (χ4n) is 0.105. The molecule has 0 amide bonds. The van der Waals surface area contributed by atoms with Gasteiger partial charge in [-0.05, 0) is 0 Å². The number of hydrogen-bond acceptors (Lipinski definition) is 5. The lowest BCUT2D eigenvalue weighted by atomic mass is 10.7. The maximum atomic E-state index is 9.86. The first kappa shape index (κ1) is 8.79. The standard InChI is InChI=1S/C2H7NO5S/c3-1-2(4,5)9(6,7)8/h4-5H,1,3H2,(H,6,7,8). The molecule has 0 unspecified atom stereocenters. The molecule has 0 aliphatic rings. The zero-order chi connectivity index (χ0) is 7.71. The van der Waals surface area contributed by atoms with Crippen LogP contribution in [0, 0.1) is 0 Å². The van der Waals surface area contributed by atoms with Crippen LogP contribution in [0.4, 0.5) is 0 Å². The molecule has 0 atom stereocenters. The Morgan fingerprint density at radius 1 is 1.44 bits per heavy atom. The smallest absolute Gasteiger partial charge is 0.323 e. The van der Waals surface area contributed by atoms with Gasteiger partial charge < -0.3 is 15.9 Å². The van der Waals surface area contributed by atoms with Crippen molar-refractivity contribution in [3.05, 3.63) is 0 Å². The third kappa shape index (κ3) is 1.88. The normalized spacial score (nSPS) is 13.8. The number of aliphatic hydroxyl groups is 2. The first-order valence-electron chi connectivity index (χ1n) is 1.93. The van der Waals surface area contributed by atoms with E-state index in [0.29, 0.717) is 0 Å². The van der Waals surface area contributed by atoms with Crippen LogP contribution in [0.3, 0.4) is 0 Å². The van der Waals surface area contributed by atoms with Gasteiger partial charge in [0.05, 0.1) is 6.54 Å². The lowest BCUT2D eigenvalue weighted by molar-refractivity contribution is -0.0820. The van der Waals surface area contributed by atoms with Crippen LogP contribution in [0.2, 0.25) is 0 Å². The predicted octanol–water partition coefficient (Wildman–Crippen LogP) is -2.53. The Labute approximate surface area is 51.7 Å². The van der Waals surface area contributed by atoms with E-state index in [0.717, 1.165) is 0 Å². The molecule has 0 saturated heterocycles. The highest BCUT2D eigenvalue weighted by Gasteiger charge is 2.36. The highest BCUT2D eigenvalue weighted by atomic mass is 32.2. The Morgan fingerprint density at radius 3 is 1.78 bits per heavy atom. The molecule has 6 nitrogen and oxygen atoms in total. The Hall–Kier alpha value is -0.210. The summed E-state index contributed by atoms with van der Waals surface area (Å²) in [7, 11) is -4.87. The molecular weight excluding hydrogens is 150 g/mol. The van der Waals surface area contributed by atoms with Gasteiger partial charge in [-0.1, -0.05) is 0 Å². The van der Waals surface area contributed by atoms with Crippen molar-refractivity contribution in [3.8, 4) is 0 Å². The highest BCUT2D eigenvalue weighted by molar-refractivity contribution is 7.86. The molecule has 7 heteroatoms. The lowest BCUT2D eigenvalue weighted by Gasteiger charge is -2.13. The maximum absolute atomic E-state index is 9.86. The molecule has 0 aliphatic heterocycles. The first-order chi connectivity index (χ1) is 3.81. The third-order valence-electron chi connectivity index (χ3n) is 0.679. The largest absolute Gasteiger partial charge is 0.351 e. The van der Waals surface area contributed by atoms with Crippen molar-refractivity contribution in [2.75, 3.05) is 6.54 Å². The summed E-state index contributed by atoms with van der Waals surface area (Å²) < 4.78 is 27.7. The van der Waals surface area contributed by atoms with Crippen LogP contribution >= 0.6 is 0 Å². The van der Waals surface area contributed by atoms with Gasteiger partial charge in [-0.25, -0.2) is 0 Å². The quantitative estimate of drug-likeness (QED) is 0.259. The van der Waals surface area contributed by atoms with Gasteiger partial charge in [-0.2, -0.15) is 8.42 Å². The van der Waals surface area contributed by atoms with Gasteiger partial charge >= 0.3 is 15.2 Å². The van der Waals surface area contributed by atoms with Crippen LogP contribution in [-0.2, 0) is 10.1 Å². The Morgan fingerprint density at radius 2 is 1.78 bits per heavy atom. The van der Waals surface area contributed by atoms with Crippen molar-refractivity contribution < 1.29 is 23.2 Å². The van der Waals surface area contributed by atoms with Crippen molar-refractivity contribution in [1.29, 1.82) is 0 Å². The number of hydrogen-bond donors (Lipinski definition) is 4. The molecule has 0 saturated carbocycles. The molecule has 56 valence electrons. The van der Waals surface area contributed by atoms with Crippen LogP contribution in [-0.4, -0.2) is 34.8 Å². The first-order valence-corrected chi connectivity index (χ1v) is 3.37. The Kier molecular flexibility index (Phi) is 2.14. The summed E-state index contributed by atoms with van der Waals surface area (Å²) in [5, 5.41) is 13.3. The van der Waals surface area contributed by atoms with Gasteiger partial charge in [-0.3, -0.25) is 4.55 Å². The van der Waals surface area contributed by atoms with E-state index in [1.165, 1.54) is 0 Å². The topological polar surface area (TPSA) is 121 Å². The SMILES string of the molecule is NCC(O)(O)S(=O)(=O)O. The summed E-state index contributed by atoms with van der Waals surface area (Å²) in [6, 6.07) is 0. The highest BCUT2D eigenvalue weighted by Crippen LogP contribution is 2.03. The van der Waals surface area contributed by atoms with Crippen LogP contribution in [0.25, 0.3) is 0 Å². The summed E-state index contributed by atoms with van der Waals surface area (Å²) in [5.41, 5.74) is 4.55. The average Bonchev–Trinajstić information content (AvgIpc) is 1.64. The van der Waals surface area contributed by atoms with Crippen molar-refractivity contribution in [3.63, 3.8) is 0 Å². The molecule has 5 N–H and O–H groups in total.